The lowest BCUT2D eigenvalue weighted by Crippen LogP contribution is -2.39. The fourth-order valence-electron chi connectivity index (χ4n) is 2.11. The zero-order chi connectivity index (χ0) is 16.5. The van der Waals surface area contributed by atoms with Crippen LogP contribution in [0.2, 0.25) is 0 Å². The van der Waals surface area contributed by atoms with Crippen LogP contribution < -0.4 is 5.32 Å². The number of nitrogens with zero attached hydrogens (tertiary/aromatic N) is 1. The number of nitrogens with one attached hydrogen (secondary N) is 1. The van der Waals surface area contributed by atoms with Crippen molar-refractivity contribution >= 4 is 11.9 Å². The maximum atomic E-state index is 12.1. The monoisotopic (exact) mass is 316 g/mol. The first-order valence-electron chi connectivity index (χ1n) is 7.29. The smallest absolute Gasteiger partial charge is 0.319 e. The van der Waals surface area contributed by atoms with Crippen molar-refractivity contribution in [2.24, 2.45) is 0 Å². The van der Waals surface area contributed by atoms with E-state index in [-0.39, 0.29) is 25.0 Å². The summed E-state index contributed by atoms with van der Waals surface area (Å²) in [6.07, 6.45) is 1.56. The molecule has 0 saturated carbocycles. The van der Waals surface area contributed by atoms with Crippen LogP contribution in [0, 0.1) is 0 Å². The third-order valence-corrected chi connectivity index (χ3v) is 3.24. The maximum absolute atomic E-state index is 12.1. The molecule has 2 aromatic rings. The minimum Gasteiger partial charge on any atom is -0.468 e. The molecule has 0 aliphatic heterocycles. The summed E-state index contributed by atoms with van der Waals surface area (Å²) in [5.74, 6) is 0.127. The van der Waals surface area contributed by atoms with E-state index in [9.17, 15) is 9.59 Å². The van der Waals surface area contributed by atoms with Crippen LogP contribution in [-0.2, 0) is 27.4 Å². The molecule has 0 aliphatic carbocycles. The van der Waals surface area contributed by atoms with Gasteiger partial charge in [-0.3, -0.25) is 14.5 Å². The Morgan fingerprint density at radius 3 is 2.57 bits per heavy atom. The number of benzene rings is 1. The topological polar surface area (TPSA) is 71.8 Å². The average molecular weight is 316 g/mol. The van der Waals surface area contributed by atoms with Gasteiger partial charge in [0.2, 0.25) is 5.91 Å². The van der Waals surface area contributed by atoms with Crippen LogP contribution in [0.4, 0.5) is 0 Å². The number of carbonyl (C=O) groups excluding carboxylic acids is 2. The summed E-state index contributed by atoms with van der Waals surface area (Å²) in [6.45, 7) is 0.970. The van der Waals surface area contributed by atoms with Crippen LogP contribution in [0.15, 0.2) is 53.1 Å². The zero-order valence-corrected chi connectivity index (χ0v) is 13.0. The number of hydrogen-bond acceptors (Lipinski definition) is 5. The van der Waals surface area contributed by atoms with E-state index in [0.717, 1.165) is 5.56 Å². The molecule has 0 unspecified atom stereocenters. The molecule has 1 heterocycles. The van der Waals surface area contributed by atoms with Crippen molar-refractivity contribution in [2.45, 2.75) is 13.1 Å². The van der Waals surface area contributed by atoms with Crippen molar-refractivity contribution in [2.75, 3.05) is 20.2 Å². The molecule has 6 nitrogen and oxygen atoms in total. The largest absolute Gasteiger partial charge is 0.468 e. The first kappa shape index (κ1) is 16.8. The molecule has 0 radical (unpaired) electrons. The maximum Gasteiger partial charge on any atom is 0.319 e. The van der Waals surface area contributed by atoms with E-state index in [1.807, 2.05) is 30.3 Å². The van der Waals surface area contributed by atoms with E-state index in [2.05, 4.69) is 5.32 Å². The van der Waals surface area contributed by atoms with Gasteiger partial charge in [0, 0.05) is 6.54 Å². The van der Waals surface area contributed by atoms with Crippen LogP contribution >= 0.6 is 0 Å². The molecule has 0 atom stereocenters. The number of rotatable bonds is 8. The predicted molar refractivity (Wildman–Crippen MR) is 84.3 cm³/mol. The van der Waals surface area contributed by atoms with Crippen LogP contribution in [-0.4, -0.2) is 37.0 Å². The van der Waals surface area contributed by atoms with E-state index in [0.29, 0.717) is 18.8 Å². The molecule has 1 aromatic heterocycles. The summed E-state index contributed by atoms with van der Waals surface area (Å²) in [7, 11) is 1.33. The minimum absolute atomic E-state index is 0.0551. The summed E-state index contributed by atoms with van der Waals surface area (Å²) in [5.41, 5.74) is 1.02. The van der Waals surface area contributed by atoms with Gasteiger partial charge in [-0.05, 0) is 17.7 Å². The summed E-state index contributed by atoms with van der Waals surface area (Å²) in [5, 5.41) is 2.77. The lowest BCUT2D eigenvalue weighted by atomic mass is 10.2. The number of esters is 1. The molecule has 1 amide bonds. The van der Waals surface area contributed by atoms with E-state index in [4.69, 9.17) is 9.15 Å². The first-order chi connectivity index (χ1) is 11.2. The lowest BCUT2D eigenvalue weighted by molar-refractivity contribution is -0.142. The van der Waals surface area contributed by atoms with Crippen LogP contribution in [0.5, 0.6) is 0 Å². The van der Waals surface area contributed by atoms with Crippen LogP contribution in [0.25, 0.3) is 0 Å². The molecule has 1 N–H and O–H groups in total. The molecule has 2 rings (SSSR count). The molecule has 0 spiro atoms. The fraction of sp³-hybridized carbons (Fsp3) is 0.294. The average Bonchev–Trinajstić information content (AvgIpc) is 3.07. The highest BCUT2D eigenvalue weighted by Crippen LogP contribution is 2.05. The van der Waals surface area contributed by atoms with Gasteiger partial charge in [0.1, 0.15) is 5.76 Å². The third kappa shape index (κ3) is 5.96. The highest BCUT2D eigenvalue weighted by atomic mass is 16.5. The third-order valence-electron chi connectivity index (χ3n) is 3.24. The number of hydrogen-bond donors (Lipinski definition) is 1. The molecule has 1 aromatic carbocycles. The quantitative estimate of drug-likeness (QED) is 0.749. The van der Waals surface area contributed by atoms with E-state index in [1.165, 1.54) is 7.11 Å². The van der Waals surface area contributed by atoms with Gasteiger partial charge in [0.25, 0.3) is 0 Å². The number of amides is 1. The van der Waals surface area contributed by atoms with Crippen molar-refractivity contribution in [3.63, 3.8) is 0 Å². The summed E-state index contributed by atoms with van der Waals surface area (Å²) < 4.78 is 9.86. The lowest BCUT2D eigenvalue weighted by Gasteiger charge is -2.20. The van der Waals surface area contributed by atoms with Gasteiger partial charge >= 0.3 is 5.97 Å². The van der Waals surface area contributed by atoms with E-state index < -0.39 is 0 Å². The van der Waals surface area contributed by atoms with Gasteiger partial charge in [-0.2, -0.15) is 0 Å². The van der Waals surface area contributed by atoms with E-state index >= 15 is 0 Å². The van der Waals surface area contributed by atoms with Gasteiger partial charge in [-0.25, -0.2) is 0 Å². The van der Waals surface area contributed by atoms with Crippen LogP contribution in [0.3, 0.4) is 0 Å². The molecule has 0 aliphatic rings. The van der Waals surface area contributed by atoms with Gasteiger partial charge in [0.05, 0.1) is 33.0 Å². The Balaban J connectivity index is 1.90. The first-order valence-corrected chi connectivity index (χ1v) is 7.29. The normalized spacial score (nSPS) is 10.5. The Morgan fingerprint density at radius 2 is 1.91 bits per heavy atom. The van der Waals surface area contributed by atoms with Gasteiger partial charge in [0.15, 0.2) is 0 Å². The molecular weight excluding hydrogens is 296 g/mol. The van der Waals surface area contributed by atoms with Crippen molar-refractivity contribution in [3.05, 3.63) is 60.1 Å². The Bertz CT molecular complexity index is 611. The highest BCUT2D eigenvalue weighted by molar-refractivity contribution is 5.79. The SMILES string of the molecule is COC(=O)CN(CC(=O)NCc1ccco1)Cc1ccccc1. The summed E-state index contributed by atoms with van der Waals surface area (Å²) >= 11 is 0. The zero-order valence-electron chi connectivity index (χ0n) is 13.0. The van der Waals surface area contributed by atoms with Crippen molar-refractivity contribution in [3.8, 4) is 0 Å². The second kappa shape index (κ2) is 8.75. The second-order valence-corrected chi connectivity index (χ2v) is 5.06. The molecular formula is C17H20N2O4. The number of furan rings is 1. The summed E-state index contributed by atoms with van der Waals surface area (Å²) in [6, 6.07) is 13.2. The molecule has 0 saturated heterocycles. The van der Waals surface area contributed by atoms with E-state index in [1.54, 1.807) is 23.3 Å². The number of ether oxygens (including phenoxy) is 1. The number of methoxy groups -OCH3 is 1. The molecule has 0 bridgehead atoms. The standard InChI is InChI=1S/C17H20N2O4/c1-22-17(21)13-19(11-14-6-3-2-4-7-14)12-16(20)18-10-15-8-5-9-23-15/h2-9H,10-13H2,1H3,(H,18,20). The predicted octanol–water partition coefficient (Wildman–Crippen LogP) is 1.57. The van der Waals surface area contributed by atoms with Gasteiger partial charge < -0.3 is 14.5 Å². The molecule has 23 heavy (non-hydrogen) atoms. The van der Waals surface area contributed by atoms with Crippen molar-refractivity contribution < 1.29 is 18.7 Å². The van der Waals surface area contributed by atoms with Crippen molar-refractivity contribution in [1.82, 2.24) is 10.2 Å². The van der Waals surface area contributed by atoms with Crippen molar-refractivity contribution in [1.29, 1.82) is 0 Å². The Labute approximate surface area is 135 Å². The van der Waals surface area contributed by atoms with Crippen LogP contribution in [0.1, 0.15) is 11.3 Å². The Hall–Kier alpha value is -2.60. The van der Waals surface area contributed by atoms with Gasteiger partial charge in [-0.1, -0.05) is 30.3 Å². The number of carbonyl (C=O) groups is 2. The second-order valence-electron chi connectivity index (χ2n) is 5.06. The minimum atomic E-state index is -0.375. The van der Waals surface area contributed by atoms with Gasteiger partial charge in [-0.15, -0.1) is 0 Å². The Kier molecular flexibility index (Phi) is 6.38. The molecule has 6 heteroatoms. The Morgan fingerprint density at radius 1 is 1.13 bits per heavy atom. The summed E-state index contributed by atoms with van der Waals surface area (Å²) in [4.78, 5) is 25.3. The molecule has 0 fully saturated rings. The molecule has 122 valence electrons. The highest BCUT2D eigenvalue weighted by Gasteiger charge is 2.15. The fourth-order valence-corrected chi connectivity index (χ4v) is 2.11.